The summed E-state index contributed by atoms with van der Waals surface area (Å²) < 4.78 is 6.59. The second kappa shape index (κ2) is 7.28. The molecule has 0 bridgehead atoms. The van der Waals surface area contributed by atoms with Crippen LogP contribution >= 0.6 is 12.4 Å². The molecular formula is C19H24ClNO. The van der Waals surface area contributed by atoms with Gasteiger partial charge in [-0.25, -0.2) is 0 Å². The molecule has 0 spiro atoms. The topological polar surface area (TPSA) is 12.5 Å². The highest BCUT2D eigenvalue weighted by molar-refractivity contribution is 5.85. The van der Waals surface area contributed by atoms with Gasteiger partial charge in [-0.15, -0.1) is 12.4 Å². The summed E-state index contributed by atoms with van der Waals surface area (Å²) in [4.78, 5) is 2.21. The minimum Gasteiger partial charge on any atom is -0.361 e. The lowest BCUT2D eigenvalue weighted by Crippen LogP contribution is -2.31. The maximum Gasteiger partial charge on any atom is 0.119 e. The number of likely N-dealkylation sites (N-methyl/N-ethyl adjacent to an activating group) is 1. The molecule has 2 aromatic rings. The van der Waals surface area contributed by atoms with Crippen LogP contribution in [0.4, 0.5) is 0 Å². The van der Waals surface area contributed by atoms with E-state index in [0.29, 0.717) is 6.10 Å². The third kappa shape index (κ3) is 3.35. The first kappa shape index (κ1) is 17.0. The summed E-state index contributed by atoms with van der Waals surface area (Å²) in [6.07, 6.45) is 2.43. The fraction of sp³-hybridized carbons (Fsp3) is 0.368. The smallest absolute Gasteiger partial charge is 0.119 e. The molecule has 118 valence electrons. The summed E-state index contributed by atoms with van der Waals surface area (Å²) in [5.74, 6) is 0. The van der Waals surface area contributed by atoms with E-state index >= 15 is 0 Å². The average Bonchev–Trinajstić information content (AvgIpc) is 2.93. The lowest BCUT2D eigenvalue weighted by molar-refractivity contribution is -0.0251. The van der Waals surface area contributed by atoms with Gasteiger partial charge in [-0.1, -0.05) is 60.7 Å². The molecule has 2 aromatic carbocycles. The SMILES string of the molecule is CN(C)CC1CCC(c2ccccc2)(c2ccccc2)O1.Cl. The molecular weight excluding hydrogens is 294 g/mol. The molecule has 2 nitrogen and oxygen atoms in total. The Kier molecular flexibility index (Phi) is 5.63. The minimum absolute atomic E-state index is 0. The predicted molar refractivity (Wildman–Crippen MR) is 93.6 cm³/mol. The second-order valence-corrected chi connectivity index (χ2v) is 6.10. The van der Waals surface area contributed by atoms with Crippen LogP contribution in [0.2, 0.25) is 0 Å². The van der Waals surface area contributed by atoms with Crippen molar-refractivity contribution < 1.29 is 4.74 Å². The Bertz CT molecular complexity index is 531. The Morgan fingerprint density at radius 3 is 1.91 bits per heavy atom. The standard InChI is InChI=1S/C19H23NO.ClH/c1-20(2)15-18-13-14-19(21-18,16-9-5-3-6-10-16)17-11-7-4-8-12-17;/h3-12,18H,13-15H2,1-2H3;1H. The van der Waals surface area contributed by atoms with Gasteiger partial charge >= 0.3 is 0 Å². The van der Waals surface area contributed by atoms with Crippen molar-refractivity contribution in [2.75, 3.05) is 20.6 Å². The molecule has 3 heteroatoms. The van der Waals surface area contributed by atoms with Crippen LogP contribution in [-0.2, 0) is 10.3 Å². The van der Waals surface area contributed by atoms with E-state index in [1.807, 2.05) is 0 Å². The van der Waals surface area contributed by atoms with Crippen molar-refractivity contribution in [2.24, 2.45) is 0 Å². The Morgan fingerprint density at radius 1 is 0.955 bits per heavy atom. The monoisotopic (exact) mass is 317 g/mol. The molecule has 1 unspecified atom stereocenters. The van der Waals surface area contributed by atoms with Gasteiger partial charge in [-0.2, -0.15) is 0 Å². The van der Waals surface area contributed by atoms with Crippen LogP contribution in [-0.4, -0.2) is 31.6 Å². The molecule has 1 fully saturated rings. The summed E-state index contributed by atoms with van der Waals surface area (Å²) in [5, 5.41) is 0. The van der Waals surface area contributed by atoms with E-state index in [4.69, 9.17) is 4.74 Å². The van der Waals surface area contributed by atoms with Gasteiger partial charge in [0.05, 0.1) is 6.10 Å². The molecule has 0 aliphatic carbocycles. The Balaban J connectivity index is 0.00000176. The number of hydrogen-bond donors (Lipinski definition) is 0. The lowest BCUT2D eigenvalue weighted by atomic mass is 9.84. The van der Waals surface area contributed by atoms with Crippen molar-refractivity contribution in [1.82, 2.24) is 4.90 Å². The van der Waals surface area contributed by atoms with Gasteiger partial charge < -0.3 is 9.64 Å². The molecule has 1 aliphatic heterocycles. The van der Waals surface area contributed by atoms with Crippen molar-refractivity contribution >= 4 is 12.4 Å². The third-order valence-corrected chi connectivity index (χ3v) is 4.24. The van der Waals surface area contributed by atoms with Crippen LogP contribution in [0.3, 0.4) is 0 Å². The van der Waals surface area contributed by atoms with Crippen molar-refractivity contribution in [1.29, 1.82) is 0 Å². The van der Waals surface area contributed by atoms with Gasteiger partial charge in [0.25, 0.3) is 0 Å². The first-order valence-corrected chi connectivity index (χ1v) is 7.64. The van der Waals surface area contributed by atoms with Crippen molar-refractivity contribution in [3.05, 3.63) is 71.8 Å². The van der Waals surface area contributed by atoms with Crippen molar-refractivity contribution in [3.8, 4) is 0 Å². The molecule has 0 amide bonds. The summed E-state index contributed by atoms with van der Waals surface area (Å²) in [5.41, 5.74) is 2.23. The van der Waals surface area contributed by atoms with Crippen LogP contribution in [0, 0.1) is 0 Å². The van der Waals surface area contributed by atoms with E-state index in [0.717, 1.165) is 19.4 Å². The highest BCUT2D eigenvalue weighted by Crippen LogP contribution is 2.44. The van der Waals surface area contributed by atoms with Gasteiger partial charge in [0.1, 0.15) is 5.60 Å². The summed E-state index contributed by atoms with van der Waals surface area (Å²) >= 11 is 0. The molecule has 1 aliphatic rings. The first-order valence-electron chi connectivity index (χ1n) is 7.64. The van der Waals surface area contributed by atoms with E-state index in [2.05, 4.69) is 79.7 Å². The lowest BCUT2D eigenvalue weighted by Gasteiger charge is -2.31. The fourth-order valence-electron chi connectivity index (χ4n) is 3.31. The zero-order valence-electron chi connectivity index (χ0n) is 13.2. The highest BCUT2D eigenvalue weighted by atomic mass is 35.5. The zero-order valence-corrected chi connectivity index (χ0v) is 14.1. The molecule has 1 atom stereocenters. The minimum atomic E-state index is -0.288. The number of nitrogens with zero attached hydrogens (tertiary/aromatic N) is 1. The summed E-state index contributed by atoms with van der Waals surface area (Å²) in [6, 6.07) is 21.3. The highest BCUT2D eigenvalue weighted by Gasteiger charge is 2.43. The molecule has 0 saturated carbocycles. The molecule has 0 radical (unpaired) electrons. The van der Waals surface area contributed by atoms with Crippen LogP contribution in [0.25, 0.3) is 0 Å². The normalized spacial score (nSPS) is 19.9. The zero-order chi connectivity index (χ0) is 14.7. The molecule has 1 heterocycles. The number of hydrogen-bond acceptors (Lipinski definition) is 2. The van der Waals surface area contributed by atoms with Crippen molar-refractivity contribution in [3.63, 3.8) is 0 Å². The number of rotatable bonds is 4. The first-order chi connectivity index (χ1) is 10.2. The largest absolute Gasteiger partial charge is 0.361 e. The van der Waals surface area contributed by atoms with Gasteiger partial charge in [-0.3, -0.25) is 0 Å². The third-order valence-electron chi connectivity index (χ3n) is 4.24. The Hall–Kier alpha value is -1.35. The molecule has 3 rings (SSSR count). The summed E-state index contributed by atoms with van der Waals surface area (Å²) in [7, 11) is 4.21. The average molecular weight is 318 g/mol. The molecule has 0 aromatic heterocycles. The number of ether oxygens (including phenoxy) is 1. The van der Waals surface area contributed by atoms with Crippen LogP contribution in [0.15, 0.2) is 60.7 Å². The van der Waals surface area contributed by atoms with Crippen LogP contribution in [0.5, 0.6) is 0 Å². The van der Waals surface area contributed by atoms with Crippen molar-refractivity contribution in [2.45, 2.75) is 24.5 Å². The van der Waals surface area contributed by atoms with Crippen LogP contribution in [0.1, 0.15) is 24.0 Å². The summed E-state index contributed by atoms with van der Waals surface area (Å²) in [6.45, 7) is 0.974. The number of benzene rings is 2. The molecule has 1 saturated heterocycles. The predicted octanol–water partition coefficient (Wildman–Crippen LogP) is 4.09. The van der Waals surface area contributed by atoms with Gasteiger partial charge in [-0.05, 0) is 38.1 Å². The van der Waals surface area contributed by atoms with E-state index in [-0.39, 0.29) is 18.0 Å². The van der Waals surface area contributed by atoms with E-state index in [1.54, 1.807) is 0 Å². The van der Waals surface area contributed by atoms with E-state index in [1.165, 1.54) is 11.1 Å². The maximum absolute atomic E-state index is 6.59. The van der Waals surface area contributed by atoms with Gasteiger partial charge in [0.15, 0.2) is 0 Å². The fourth-order valence-corrected chi connectivity index (χ4v) is 3.31. The van der Waals surface area contributed by atoms with Gasteiger partial charge in [0.2, 0.25) is 0 Å². The van der Waals surface area contributed by atoms with E-state index < -0.39 is 0 Å². The molecule has 0 N–H and O–H groups in total. The maximum atomic E-state index is 6.59. The number of halogens is 1. The van der Waals surface area contributed by atoms with E-state index in [9.17, 15) is 0 Å². The van der Waals surface area contributed by atoms with Gasteiger partial charge in [0, 0.05) is 6.54 Å². The Labute approximate surface area is 139 Å². The second-order valence-electron chi connectivity index (χ2n) is 6.10. The van der Waals surface area contributed by atoms with Crippen LogP contribution < -0.4 is 0 Å². The Morgan fingerprint density at radius 2 is 1.45 bits per heavy atom. The quantitative estimate of drug-likeness (QED) is 0.842. The molecule has 22 heavy (non-hydrogen) atoms.